The Morgan fingerprint density at radius 2 is 1.63 bits per heavy atom. The fourth-order valence-electron chi connectivity index (χ4n) is 2.28. The summed E-state index contributed by atoms with van der Waals surface area (Å²) in [4.78, 5) is 15.8. The standard InChI is InChI=1S/C20H15ClN2O3S/c1-14-7-10-17(11-8-14)27(25,26)23-20(15-5-3-2-4-6-15)22-16-9-12-19(24)18(21)13-16/h2-13H,1H3. The molecule has 0 spiro atoms. The molecule has 136 valence electrons. The average molecular weight is 399 g/mol. The van der Waals surface area contributed by atoms with Gasteiger partial charge in [0.15, 0.2) is 11.6 Å². The van der Waals surface area contributed by atoms with Crippen LogP contribution in [0, 0.1) is 6.92 Å². The van der Waals surface area contributed by atoms with E-state index in [1.54, 1.807) is 42.5 Å². The third-order valence-electron chi connectivity index (χ3n) is 3.71. The summed E-state index contributed by atoms with van der Waals surface area (Å²) in [6, 6.07) is 15.1. The molecular weight excluding hydrogens is 384 g/mol. The van der Waals surface area contributed by atoms with Crippen LogP contribution in [0.1, 0.15) is 11.1 Å². The second-order valence-corrected chi connectivity index (χ2v) is 7.81. The monoisotopic (exact) mass is 398 g/mol. The second kappa shape index (κ2) is 7.82. The molecule has 0 fully saturated rings. The number of sulfonamides is 1. The number of aliphatic imine (C=N–C) groups is 1. The van der Waals surface area contributed by atoms with Gasteiger partial charge in [-0.15, -0.1) is 4.40 Å². The fraction of sp³-hybridized carbons (Fsp3) is 0.0500. The van der Waals surface area contributed by atoms with Crippen molar-refractivity contribution >= 4 is 39.0 Å². The minimum Gasteiger partial charge on any atom is -0.288 e. The fourth-order valence-corrected chi connectivity index (χ4v) is 3.42. The first-order valence-corrected chi connectivity index (χ1v) is 9.82. The van der Waals surface area contributed by atoms with Gasteiger partial charge in [-0.2, -0.15) is 8.42 Å². The first-order valence-electron chi connectivity index (χ1n) is 8.00. The van der Waals surface area contributed by atoms with Crippen molar-refractivity contribution in [2.45, 2.75) is 11.8 Å². The number of hydrogen-bond donors (Lipinski definition) is 0. The van der Waals surface area contributed by atoms with Crippen molar-refractivity contribution in [3.63, 3.8) is 0 Å². The molecule has 7 heteroatoms. The van der Waals surface area contributed by atoms with E-state index in [0.717, 1.165) is 5.56 Å². The lowest BCUT2D eigenvalue weighted by molar-refractivity contribution is -0.110. The lowest BCUT2D eigenvalue weighted by Crippen LogP contribution is -2.09. The number of carbonyl (C=O) groups is 1. The van der Waals surface area contributed by atoms with E-state index in [-0.39, 0.29) is 21.5 Å². The highest BCUT2D eigenvalue weighted by atomic mass is 35.5. The summed E-state index contributed by atoms with van der Waals surface area (Å²) >= 11 is 5.86. The molecule has 0 amide bonds. The van der Waals surface area contributed by atoms with Crippen LogP contribution in [0.15, 0.2) is 92.1 Å². The van der Waals surface area contributed by atoms with Crippen LogP contribution in [-0.2, 0) is 14.8 Å². The summed E-state index contributed by atoms with van der Waals surface area (Å²) in [5.74, 6) is -0.327. The van der Waals surface area contributed by atoms with E-state index in [0.29, 0.717) is 11.3 Å². The van der Waals surface area contributed by atoms with Gasteiger partial charge in [0.25, 0.3) is 10.0 Å². The lowest BCUT2D eigenvalue weighted by Gasteiger charge is -2.06. The van der Waals surface area contributed by atoms with E-state index >= 15 is 0 Å². The number of rotatable bonds is 3. The number of carbonyl (C=O) groups excluding carboxylic acids is 1. The van der Waals surface area contributed by atoms with Gasteiger partial charge in [-0.25, -0.2) is 4.99 Å². The molecule has 2 aromatic rings. The zero-order valence-corrected chi connectivity index (χ0v) is 15.9. The van der Waals surface area contributed by atoms with Gasteiger partial charge in [-0.1, -0.05) is 59.6 Å². The summed E-state index contributed by atoms with van der Waals surface area (Å²) in [6.45, 7) is 1.87. The Labute approximate surface area is 162 Å². The van der Waals surface area contributed by atoms with E-state index in [9.17, 15) is 13.2 Å². The van der Waals surface area contributed by atoms with Crippen LogP contribution in [-0.4, -0.2) is 25.7 Å². The highest BCUT2D eigenvalue weighted by molar-refractivity contribution is 7.90. The Morgan fingerprint density at radius 3 is 2.26 bits per heavy atom. The molecule has 0 aliphatic heterocycles. The van der Waals surface area contributed by atoms with Crippen molar-refractivity contribution in [2.75, 3.05) is 0 Å². The van der Waals surface area contributed by atoms with Crippen LogP contribution >= 0.6 is 11.6 Å². The van der Waals surface area contributed by atoms with Gasteiger partial charge >= 0.3 is 0 Å². The molecule has 27 heavy (non-hydrogen) atoms. The van der Waals surface area contributed by atoms with E-state index in [1.165, 1.54) is 30.4 Å². The van der Waals surface area contributed by atoms with Gasteiger partial charge in [-0.3, -0.25) is 4.79 Å². The summed E-state index contributed by atoms with van der Waals surface area (Å²) in [7, 11) is -3.96. The highest BCUT2D eigenvalue weighted by Crippen LogP contribution is 2.17. The number of benzene rings is 2. The molecule has 0 saturated heterocycles. The summed E-state index contributed by atoms with van der Waals surface area (Å²) in [6.07, 6.45) is 4.12. The number of amidine groups is 1. The second-order valence-electron chi connectivity index (χ2n) is 5.80. The number of nitrogens with zero attached hydrogens (tertiary/aromatic N) is 2. The van der Waals surface area contributed by atoms with Crippen LogP contribution in [0.2, 0.25) is 0 Å². The van der Waals surface area contributed by atoms with Crippen LogP contribution in [0.3, 0.4) is 0 Å². The third kappa shape index (κ3) is 4.67. The van der Waals surface area contributed by atoms with Crippen molar-refractivity contribution in [3.8, 4) is 0 Å². The minimum absolute atomic E-state index is 0.00468. The predicted octanol–water partition coefficient (Wildman–Crippen LogP) is 3.83. The molecule has 1 aliphatic rings. The van der Waals surface area contributed by atoms with Crippen molar-refractivity contribution in [1.82, 2.24) is 0 Å². The van der Waals surface area contributed by atoms with Crippen LogP contribution in [0.25, 0.3) is 0 Å². The molecule has 0 radical (unpaired) electrons. The molecule has 1 aliphatic carbocycles. The first-order chi connectivity index (χ1) is 12.8. The molecule has 2 aromatic carbocycles. The van der Waals surface area contributed by atoms with Crippen LogP contribution < -0.4 is 0 Å². The molecule has 5 nitrogen and oxygen atoms in total. The smallest absolute Gasteiger partial charge is 0.284 e. The van der Waals surface area contributed by atoms with Gasteiger partial charge in [0.1, 0.15) is 0 Å². The molecule has 0 heterocycles. The third-order valence-corrected chi connectivity index (χ3v) is 5.28. The number of halogens is 1. The van der Waals surface area contributed by atoms with Crippen molar-refractivity contribution in [2.24, 2.45) is 9.39 Å². The van der Waals surface area contributed by atoms with E-state index in [1.807, 2.05) is 6.92 Å². The molecule has 0 bridgehead atoms. The molecular formula is C20H15ClN2O3S. The summed E-state index contributed by atoms with van der Waals surface area (Å²) < 4.78 is 29.4. The topological polar surface area (TPSA) is 75.9 Å². The molecule has 0 saturated carbocycles. The van der Waals surface area contributed by atoms with E-state index in [4.69, 9.17) is 11.6 Å². The van der Waals surface area contributed by atoms with Gasteiger partial charge in [0.2, 0.25) is 0 Å². The Morgan fingerprint density at radius 1 is 0.963 bits per heavy atom. The average Bonchev–Trinajstić information content (AvgIpc) is 2.65. The molecule has 0 atom stereocenters. The van der Waals surface area contributed by atoms with E-state index in [2.05, 4.69) is 9.39 Å². The zero-order chi connectivity index (χ0) is 19.4. The maximum Gasteiger partial charge on any atom is 0.284 e. The Kier molecular flexibility index (Phi) is 5.48. The summed E-state index contributed by atoms with van der Waals surface area (Å²) in [5.41, 5.74) is 1.80. The largest absolute Gasteiger partial charge is 0.288 e. The van der Waals surface area contributed by atoms with Gasteiger partial charge in [0.05, 0.1) is 15.6 Å². The molecule has 3 rings (SSSR count). The molecule has 0 N–H and O–H groups in total. The SMILES string of the molecule is Cc1ccc(S(=O)(=O)N=C(N=C2C=CC(=O)C(Cl)=C2)c2ccccc2)cc1. The normalized spacial score (nSPS) is 16.5. The Balaban J connectivity index is 2.11. The predicted molar refractivity (Wildman–Crippen MR) is 107 cm³/mol. The van der Waals surface area contributed by atoms with Gasteiger partial charge < -0.3 is 0 Å². The highest BCUT2D eigenvalue weighted by Gasteiger charge is 2.16. The maximum absolute atomic E-state index is 12.7. The van der Waals surface area contributed by atoms with Crippen LogP contribution in [0.4, 0.5) is 0 Å². The molecule has 0 unspecified atom stereocenters. The van der Waals surface area contributed by atoms with Crippen molar-refractivity contribution < 1.29 is 13.2 Å². The van der Waals surface area contributed by atoms with Crippen molar-refractivity contribution in [1.29, 1.82) is 0 Å². The molecule has 0 aromatic heterocycles. The van der Waals surface area contributed by atoms with Crippen LogP contribution in [0.5, 0.6) is 0 Å². The number of hydrogen-bond acceptors (Lipinski definition) is 3. The zero-order valence-electron chi connectivity index (χ0n) is 14.3. The Bertz CT molecular complexity index is 1100. The quantitative estimate of drug-likeness (QED) is 0.448. The Hall–Kier alpha value is -2.83. The number of allylic oxidation sites excluding steroid dienone is 4. The lowest BCUT2D eigenvalue weighted by atomic mass is 10.1. The first kappa shape index (κ1) is 18.9. The van der Waals surface area contributed by atoms with Crippen molar-refractivity contribution in [3.05, 3.63) is 89.0 Å². The summed E-state index contributed by atoms with van der Waals surface area (Å²) in [5, 5.41) is 0.00468. The van der Waals surface area contributed by atoms with Gasteiger partial charge in [0, 0.05) is 5.56 Å². The van der Waals surface area contributed by atoms with Gasteiger partial charge in [-0.05, 0) is 37.3 Å². The number of aryl methyl sites for hydroxylation is 1. The van der Waals surface area contributed by atoms with E-state index < -0.39 is 10.0 Å². The maximum atomic E-state index is 12.7. The minimum atomic E-state index is -3.96. The number of ketones is 1.